The van der Waals surface area contributed by atoms with Gasteiger partial charge in [-0.3, -0.25) is 0 Å². The molecule has 1 aliphatic heterocycles. The number of β-amino-alcohol motifs (C(OH)–C–C–N with tert-alkyl or cyclic N) is 1. The highest BCUT2D eigenvalue weighted by Gasteiger charge is 2.22. The topological polar surface area (TPSA) is 82.5 Å². The van der Waals surface area contributed by atoms with Gasteiger partial charge in [0.25, 0.3) is 0 Å². The molecule has 0 bridgehead atoms. The zero-order chi connectivity index (χ0) is 15.9. The molecule has 0 spiro atoms. The minimum absolute atomic E-state index is 0.342. The molecule has 1 aliphatic rings. The lowest BCUT2D eigenvalue weighted by atomic mass is 10.0. The van der Waals surface area contributed by atoms with Crippen LogP contribution in [-0.2, 0) is 4.74 Å². The molecule has 2 heterocycles. The zero-order valence-corrected chi connectivity index (χ0v) is 13.8. The van der Waals surface area contributed by atoms with Gasteiger partial charge < -0.3 is 25.4 Å². The van der Waals surface area contributed by atoms with Crippen LogP contribution in [0.1, 0.15) is 12.8 Å². The molecule has 1 fully saturated rings. The Morgan fingerprint density at radius 3 is 2.82 bits per heavy atom. The molecule has 2 rings (SSSR count). The van der Waals surface area contributed by atoms with Crippen molar-refractivity contribution >= 4 is 23.1 Å². The van der Waals surface area contributed by atoms with Crippen molar-refractivity contribution < 1.29 is 9.84 Å². The van der Waals surface area contributed by atoms with Crippen LogP contribution in [0.25, 0.3) is 0 Å². The second-order valence-electron chi connectivity index (χ2n) is 5.47. The number of nitrogens with one attached hydrogen (secondary N) is 2. The number of methoxy groups -OCH3 is 1. The van der Waals surface area contributed by atoms with Crippen LogP contribution in [-0.4, -0.2) is 72.5 Å². The molecule has 3 N–H and O–H groups in total. The normalized spacial score (nSPS) is 18.2. The number of aliphatic hydroxyl groups excluding tert-OH is 1. The van der Waals surface area contributed by atoms with E-state index in [1.807, 2.05) is 0 Å². The van der Waals surface area contributed by atoms with E-state index in [2.05, 4.69) is 25.5 Å². The van der Waals surface area contributed by atoms with Gasteiger partial charge in [-0.25, -0.2) is 9.97 Å². The first kappa shape index (κ1) is 17.2. The number of aliphatic hydroxyl groups is 1. The molecule has 0 saturated carbocycles. The molecular weight excluding hydrogens is 306 g/mol. The van der Waals surface area contributed by atoms with E-state index in [9.17, 15) is 5.11 Å². The van der Waals surface area contributed by atoms with E-state index < -0.39 is 6.10 Å². The van der Waals surface area contributed by atoms with Crippen LogP contribution in [0.4, 0.5) is 11.5 Å². The molecule has 0 aliphatic carbocycles. The minimum atomic E-state index is -0.425. The third-order valence-electron chi connectivity index (χ3n) is 3.81. The summed E-state index contributed by atoms with van der Waals surface area (Å²) in [6.07, 6.45) is 3.02. The average molecular weight is 330 g/mol. The first-order chi connectivity index (χ1) is 10.6. The number of piperidine rings is 1. The lowest BCUT2D eigenvalue weighted by Gasteiger charge is -2.33. The highest BCUT2D eigenvalue weighted by atomic mass is 35.5. The molecule has 1 saturated heterocycles. The van der Waals surface area contributed by atoms with Gasteiger partial charge in [-0.2, -0.15) is 0 Å². The first-order valence-electron chi connectivity index (χ1n) is 7.48. The number of hydrogen-bond donors (Lipinski definition) is 3. The molecule has 7 nitrogen and oxygen atoms in total. The van der Waals surface area contributed by atoms with Gasteiger partial charge in [-0.1, -0.05) is 11.6 Å². The maximum atomic E-state index is 9.78. The van der Waals surface area contributed by atoms with E-state index in [4.69, 9.17) is 16.3 Å². The van der Waals surface area contributed by atoms with E-state index in [0.29, 0.717) is 24.3 Å². The van der Waals surface area contributed by atoms with E-state index in [-0.39, 0.29) is 0 Å². The smallest absolute Gasteiger partial charge is 0.157 e. The van der Waals surface area contributed by atoms with Crippen LogP contribution in [0.3, 0.4) is 0 Å². The number of rotatable bonds is 7. The molecular formula is C14H24ClN5O2. The van der Waals surface area contributed by atoms with Crippen molar-refractivity contribution in [1.82, 2.24) is 14.9 Å². The van der Waals surface area contributed by atoms with Crippen LogP contribution in [0.2, 0.25) is 5.15 Å². The Morgan fingerprint density at radius 2 is 2.18 bits per heavy atom. The third-order valence-corrected chi connectivity index (χ3v) is 4.09. The zero-order valence-electron chi connectivity index (χ0n) is 13.0. The van der Waals surface area contributed by atoms with Gasteiger partial charge in [-0.15, -0.1) is 0 Å². The summed E-state index contributed by atoms with van der Waals surface area (Å²) in [5.74, 6) is 0.736. The van der Waals surface area contributed by atoms with Gasteiger partial charge in [0.15, 0.2) is 11.0 Å². The van der Waals surface area contributed by atoms with E-state index in [1.165, 1.54) is 6.33 Å². The van der Waals surface area contributed by atoms with Gasteiger partial charge in [0, 0.05) is 39.8 Å². The van der Waals surface area contributed by atoms with Crippen LogP contribution in [0, 0.1) is 0 Å². The van der Waals surface area contributed by atoms with Crippen molar-refractivity contribution in [3.63, 3.8) is 0 Å². The SMILES string of the molecule is CNc1c(Cl)ncnc1NC1CCN(CC(O)COC)CC1. The number of likely N-dealkylation sites (tertiary alicyclic amines) is 1. The summed E-state index contributed by atoms with van der Waals surface area (Å²) < 4.78 is 4.96. The molecule has 0 radical (unpaired) electrons. The fraction of sp³-hybridized carbons (Fsp3) is 0.714. The van der Waals surface area contributed by atoms with Crippen molar-refractivity contribution in [3.05, 3.63) is 11.5 Å². The number of aromatic nitrogens is 2. The average Bonchev–Trinajstić information content (AvgIpc) is 2.50. The monoisotopic (exact) mass is 329 g/mol. The Morgan fingerprint density at radius 1 is 1.45 bits per heavy atom. The Kier molecular flexibility index (Phi) is 6.63. The van der Waals surface area contributed by atoms with E-state index in [0.717, 1.165) is 37.4 Å². The maximum Gasteiger partial charge on any atom is 0.157 e. The maximum absolute atomic E-state index is 9.78. The first-order valence-corrected chi connectivity index (χ1v) is 7.86. The Balaban J connectivity index is 1.84. The summed E-state index contributed by atoms with van der Waals surface area (Å²) in [7, 11) is 3.40. The summed E-state index contributed by atoms with van der Waals surface area (Å²) in [6, 6.07) is 0.342. The second kappa shape index (κ2) is 8.47. The van der Waals surface area contributed by atoms with Crippen molar-refractivity contribution in [3.8, 4) is 0 Å². The highest BCUT2D eigenvalue weighted by Crippen LogP contribution is 2.27. The Hall–Kier alpha value is -1.15. The number of halogens is 1. The van der Waals surface area contributed by atoms with Crippen molar-refractivity contribution in [1.29, 1.82) is 0 Å². The summed E-state index contributed by atoms with van der Waals surface area (Å²) in [5.41, 5.74) is 0.724. The predicted octanol–water partition coefficient (Wildman–Crippen LogP) is 1.06. The molecule has 0 amide bonds. The fourth-order valence-corrected chi connectivity index (χ4v) is 2.92. The molecule has 1 aromatic rings. The summed E-state index contributed by atoms with van der Waals surface area (Å²) >= 11 is 6.06. The number of hydrogen-bond acceptors (Lipinski definition) is 7. The number of ether oxygens (including phenoxy) is 1. The lowest BCUT2D eigenvalue weighted by molar-refractivity contribution is 0.0327. The quantitative estimate of drug-likeness (QED) is 0.645. The van der Waals surface area contributed by atoms with Crippen molar-refractivity contribution in [2.24, 2.45) is 0 Å². The molecule has 1 atom stereocenters. The summed E-state index contributed by atoms with van der Waals surface area (Å²) in [5, 5.41) is 16.6. The Bertz CT molecular complexity index is 469. The van der Waals surface area contributed by atoms with Crippen LogP contribution in [0.15, 0.2) is 6.33 Å². The molecule has 22 heavy (non-hydrogen) atoms. The molecule has 1 aromatic heterocycles. The molecule has 0 aromatic carbocycles. The van der Waals surface area contributed by atoms with E-state index >= 15 is 0 Å². The van der Waals surface area contributed by atoms with Gasteiger partial charge in [-0.05, 0) is 12.8 Å². The van der Waals surface area contributed by atoms with E-state index in [1.54, 1.807) is 14.2 Å². The van der Waals surface area contributed by atoms with Crippen LogP contribution in [0.5, 0.6) is 0 Å². The molecule has 1 unspecified atom stereocenters. The van der Waals surface area contributed by atoms with Gasteiger partial charge in [0.1, 0.15) is 12.0 Å². The van der Waals surface area contributed by atoms with Crippen molar-refractivity contribution in [2.75, 3.05) is 51.0 Å². The van der Waals surface area contributed by atoms with Gasteiger partial charge >= 0.3 is 0 Å². The standard InChI is InChI=1S/C14H24ClN5O2/c1-16-12-13(15)17-9-18-14(12)19-10-3-5-20(6-4-10)7-11(21)8-22-2/h9-11,16,21H,3-8H2,1-2H3,(H,17,18,19). The predicted molar refractivity (Wildman–Crippen MR) is 87.6 cm³/mol. The summed E-state index contributed by atoms with van der Waals surface area (Å²) in [6.45, 7) is 2.91. The van der Waals surface area contributed by atoms with Gasteiger partial charge in [0.05, 0.1) is 12.7 Å². The number of anilines is 2. The lowest BCUT2D eigenvalue weighted by Crippen LogP contribution is -2.43. The summed E-state index contributed by atoms with van der Waals surface area (Å²) in [4.78, 5) is 10.5. The molecule has 8 heteroatoms. The van der Waals surface area contributed by atoms with Crippen LogP contribution < -0.4 is 10.6 Å². The Labute approximate surface area is 136 Å². The second-order valence-corrected chi connectivity index (χ2v) is 5.82. The van der Waals surface area contributed by atoms with Crippen molar-refractivity contribution in [2.45, 2.75) is 25.0 Å². The molecule has 124 valence electrons. The minimum Gasteiger partial charge on any atom is -0.389 e. The fourth-order valence-electron chi connectivity index (χ4n) is 2.69. The van der Waals surface area contributed by atoms with Gasteiger partial charge in [0.2, 0.25) is 0 Å². The number of nitrogens with zero attached hydrogens (tertiary/aromatic N) is 3. The largest absolute Gasteiger partial charge is 0.389 e. The van der Waals surface area contributed by atoms with Crippen LogP contribution >= 0.6 is 11.6 Å². The highest BCUT2D eigenvalue weighted by molar-refractivity contribution is 6.32. The third kappa shape index (κ3) is 4.67.